The summed E-state index contributed by atoms with van der Waals surface area (Å²) in [5.41, 5.74) is 1.36. The summed E-state index contributed by atoms with van der Waals surface area (Å²) in [6.07, 6.45) is 0. The third kappa shape index (κ3) is 8.89. The van der Waals surface area contributed by atoms with Crippen LogP contribution in [0.2, 0.25) is 58.4 Å². The molecule has 3 unspecified atom stereocenters. The summed E-state index contributed by atoms with van der Waals surface area (Å²) in [5.74, 6) is 0.437. The molecule has 0 bridgehead atoms. The van der Waals surface area contributed by atoms with Crippen LogP contribution in [-0.4, -0.2) is 34.5 Å². The van der Waals surface area contributed by atoms with Crippen LogP contribution in [0.4, 0.5) is 0 Å². The number of benzene rings is 1. The van der Waals surface area contributed by atoms with Gasteiger partial charge < -0.3 is 12.3 Å². The molecule has 7 heteroatoms. The van der Waals surface area contributed by atoms with Crippen molar-refractivity contribution in [2.24, 2.45) is 0 Å². The second-order valence-corrected chi connectivity index (χ2v) is 23.7. The fourth-order valence-corrected chi connectivity index (χ4v) is 18.4. The number of hydrogen-bond acceptors (Lipinski definition) is 3. The van der Waals surface area contributed by atoms with Gasteiger partial charge in [0.05, 0.1) is 0 Å². The Morgan fingerprint density at radius 2 is 1.42 bits per heavy atom. The predicted molar refractivity (Wildman–Crippen MR) is 114 cm³/mol. The molecular weight excluding hydrogens is 365 g/mol. The molecule has 138 valence electrons. The van der Waals surface area contributed by atoms with Crippen LogP contribution in [0.15, 0.2) is 30.3 Å². The lowest BCUT2D eigenvalue weighted by atomic mass is 10.0. The third-order valence-corrected chi connectivity index (χ3v) is 16.5. The second kappa shape index (κ2) is 8.57. The summed E-state index contributed by atoms with van der Waals surface area (Å²) in [6, 6.07) is 11.7. The van der Waals surface area contributed by atoms with Crippen molar-refractivity contribution in [3.63, 3.8) is 0 Å². The van der Waals surface area contributed by atoms with Crippen molar-refractivity contribution in [1.29, 1.82) is 0 Å². The van der Waals surface area contributed by atoms with Gasteiger partial charge in [-0.25, -0.2) is 0 Å². The summed E-state index contributed by atoms with van der Waals surface area (Å²) in [4.78, 5) is 0. The van der Waals surface area contributed by atoms with E-state index in [2.05, 4.69) is 89.6 Å². The summed E-state index contributed by atoms with van der Waals surface area (Å²) in [5, 5.41) is 0. The summed E-state index contributed by atoms with van der Waals surface area (Å²) >= 11 is 0. The minimum atomic E-state index is -2.27. The Labute approximate surface area is 154 Å². The van der Waals surface area contributed by atoms with Gasteiger partial charge in [-0.05, 0) is 69.9 Å². The zero-order valence-electron chi connectivity index (χ0n) is 17.0. The van der Waals surface area contributed by atoms with E-state index in [1.807, 2.05) is 0 Å². The van der Waals surface area contributed by atoms with Crippen molar-refractivity contribution < 1.29 is 12.3 Å². The molecule has 0 spiro atoms. The van der Waals surface area contributed by atoms with Crippen LogP contribution in [0.25, 0.3) is 0 Å². The van der Waals surface area contributed by atoms with Crippen LogP contribution < -0.4 is 0 Å². The van der Waals surface area contributed by atoms with E-state index in [1.165, 1.54) is 5.56 Å². The van der Waals surface area contributed by atoms with E-state index in [1.54, 1.807) is 0 Å². The van der Waals surface area contributed by atoms with Gasteiger partial charge in [0.15, 0.2) is 16.6 Å². The van der Waals surface area contributed by atoms with E-state index >= 15 is 0 Å². The molecule has 3 atom stereocenters. The molecule has 0 saturated heterocycles. The van der Waals surface area contributed by atoms with E-state index in [9.17, 15) is 0 Å². The molecule has 0 fully saturated rings. The highest BCUT2D eigenvalue weighted by molar-refractivity contribution is 6.85. The molecule has 24 heavy (non-hydrogen) atoms. The zero-order valence-corrected chi connectivity index (χ0v) is 21.1. The van der Waals surface area contributed by atoms with Gasteiger partial charge in [0.25, 0.3) is 9.28 Å². The maximum absolute atomic E-state index is 6.63. The second-order valence-electron chi connectivity index (χ2n) is 8.78. The van der Waals surface area contributed by atoms with Crippen LogP contribution >= 0.6 is 0 Å². The smallest absolute Gasteiger partial charge is 0.316 e. The molecule has 1 aromatic rings. The van der Waals surface area contributed by atoms with Crippen molar-refractivity contribution in [2.45, 2.75) is 71.3 Å². The Morgan fingerprint density at radius 3 is 1.88 bits per heavy atom. The lowest BCUT2D eigenvalue weighted by Gasteiger charge is -2.38. The summed E-state index contributed by atoms with van der Waals surface area (Å²) in [7, 11) is -7.19. The minimum Gasteiger partial charge on any atom is -0.439 e. The molecule has 1 aromatic carbocycles. The standard InChI is InChI=1S/C17H36O3Si4/c1-16(17-13-11-10-12-14-17)15-24(9,20-23(6,7)8)19-21(2)18-22(3,4)5/h10-14,16,21H,15H2,1-9H3. The normalized spacial score (nSPS) is 18.0. The van der Waals surface area contributed by atoms with E-state index < -0.39 is 34.5 Å². The average Bonchev–Trinajstić information content (AvgIpc) is 2.34. The van der Waals surface area contributed by atoms with E-state index in [0.717, 1.165) is 6.04 Å². The molecular formula is C17H36O3Si4. The molecule has 3 nitrogen and oxygen atoms in total. The van der Waals surface area contributed by atoms with Crippen molar-refractivity contribution in [3.05, 3.63) is 35.9 Å². The van der Waals surface area contributed by atoms with Crippen molar-refractivity contribution >= 4 is 34.5 Å². The molecule has 0 aliphatic rings. The largest absolute Gasteiger partial charge is 0.439 e. The maximum Gasteiger partial charge on any atom is 0.316 e. The van der Waals surface area contributed by atoms with Gasteiger partial charge in [-0.1, -0.05) is 37.3 Å². The average molecular weight is 401 g/mol. The quantitative estimate of drug-likeness (QED) is 0.517. The SMILES string of the molecule is CC(C[Si](C)(O[SiH](C)O[Si](C)(C)C)O[Si](C)(C)C)c1ccccc1. The predicted octanol–water partition coefficient (Wildman–Crippen LogP) is 5.43. The van der Waals surface area contributed by atoms with Crippen LogP contribution in [0, 0.1) is 0 Å². The Balaban J connectivity index is 2.89. The molecule has 0 radical (unpaired) electrons. The monoisotopic (exact) mass is 400 g/mol. The van der Waals surface area contributed by atoms with Gasteiger partial charge in [-0.2, -0.15) is 0 Å². The third-order valence-electron chi connectivity index (χ3n) is 3.50. The first-order valence-corrected chi connectivity index (χ1v) is 20.3. The highest BCUT2D eigenvalue weighted by Crippen LogP contribution is 2.30. The Morgan fingerprint density at radius 1 is 0.875 bits per heavy atom. The molecule has 0 heterocycles. The van der Waals surface area contributed by atoms with Crippen LogP contribution in [-0.2, 0) is 12.3 Å². The molecule has 0 saturated carbocycles. The first-order chi connectivity index (χ1) is 10.8. The Hall–Kier alpha value is -0.0325. The fourth-order valence-electron chi connectivity index (χ4n) is 3.09. The van der Waals surface area contributed by atoms with Gasteiger partial charge in [0.2, 0.25) is 0 Å². The molecule has 0 aliphatic carbocycles. The van der Waals surface area contributed by atoms with Gasteiger partial charge in [0.1, 0.15) is 0 Å². The molecule has 1 rings (SSSR count). The lowest BCUT2D eigenvalue weighted by Crippen LogP contribution is -2.52. The van der Waals surface area contributed by atoms with Crippen molar-refractivity contribution in [1.82, 2.24) is 0 Å². The first kappa shape index (κ1) is 22.0. The number of rotatable bonds is 9. The molecule has 0 aliphatic heterocycles. The van der Waals surface area contributed by atoms with E-state index in [0.29, 0.717) is 5.92 Å². The van der Waals surface area contributed by atoms with E-state index in [-0.39, 0.29) is 0 Å². The summed E-state index contributed by atoms with van der Waals surface area (Å²) < 4.78 is 19.5. The zero-order chi connectivity index (χ0) is 18.6. The minimum absolute atomic E-state index is 0.437. The van der Waals surface area contributed by atoms with Crippen LogP contribution in [0.5, 0.6) is 0 Å². The molecule has 0 N–H and O–H groups in total. The molecule has 0 aromatic heterocycles. The highest BCUT2D eigenvalue weighted by Gasteiger charge is 2.40. The van der Waals surface area contributed by atoms with Crippen LogP contribution in [0.1, 0.15) is 18.4 Å². The van der Waals surface area contributed by atoms with Gasteiger partial charge in [0, 0.05) is 0 Å². The Kier molecular flexibility index (Phi) is 7.86. The first-order valence-electron chi connectivity index (χ1n) is 8.90. The van der Waals surface area contributed by atoms with Crippen molar-refractivity contribution in [3.8, 4) is 0 Å². The van der Waals surface area contributed by atoms with Crippen LogP contribution in [0.3, 0.4) is 0 Å². The van der Waals surface area contributed by atoms with Gasteiger partial charge >= 0.3 is 8.56 Å². The summed E-state index contributed by atoms with van der Waals surface area (Å²) in [6.45, 7) is 20.1. The van der Waals surface area contributed by atoms with Gasteiger partial charge in [-0.3, -0.25) is 0 Å². The van der Waals surface area contributed by atoms with Crippen molar-refractivity contribution in [2.75, 3.05) is 0 Å². The fraction of sp³-hybridized carbons (Fsp3) is 0.647. The highest BCUT2D eigenvalue weighted by atomic mass is 28.5. The Bertz CT molecular complexity index is 499. The lowest BCUT2D eigenvalue weighted by molar-refractivity contribution is 0.340. The number of hydrogen-bond donors (Lipinski definition) is 0. The topological polar surface area (TPSA) is 27.7 Å². The van der Waals surface area contributed by atoms with Gasteiger partial charge in [-0.15, -0.1) is 0 Å². The maximum atomic E-state index is 6.63. The molecule has 0 amide bonds. The van der Waals surface area contributed by atoms with E-state index in [4.69, 9.17) is 12.3 Å².